The highest BCUT2D eigenvalue weighted by Gasteiger charge is 2.21. The van der Waals surface area contributed by atoms with Crippen LogP contribution in [0.15, 0.2) is 53.5 Å². The Hall–Kier alpha value is -2.33. The quantitative estimate of drug-likeness (QED) is 0.330. The predicted octanol–water partition coefficient (Wildman–Crippen LogP) is 3.13. The van der Waals surface area contributed by atoms with E-state index in [1.807, 2.05) is 17.0 Å². The molecule has 0 radical (unpaired) electrons. The summed E-state index contributed by atoms with van der Waals surface area (Å²) >= 11 is 0. The van der Waals surface area contributed by atoms with Gasteiger partial charge in [-0.25, -0.2) is 0 Å². The lowest BCUT2D eigenvalue weighted by Gasteiger charge is -2.30. The van der Waals surface area contributed by atoms with E-state index in [0.717, 1.165) is 56.5 Å². The highest BCUT2D eigenvalue weighted by Crippen LogP contribution is 2.22. The Morgan fingerprint density at radius 1 is 1.00 bits per heavy atom. The maximum atomic E-state index is 11.9. The molecule has 2 aliphatic heterocycles. The molecule has 0 bridgehead atoms. The molecule has 7 nitrogen and oxygen atoms in total. The maximum Gasteiger partial charge on any atom is 0.227 e. The van der Waals surface area contributed by atoms with Gasteiger partial charge in [0.2, 0.25) is 5.91 Å². The minimum absolute atomic E-state index is 0. The van der Waals surface area contributed by atoms with Gasteiger partial charge in [0.1, 0.15) is 0 Å². The van der Waals surface area contributed by atoms with Gasteiger partial charge in [-0.3, -0.25) is 9.79 Å². The van der Waals surface area contributed by atoms with Crippen LogP contribution < -0.4 is 20.4 Å². The zero-order valence-corrected chi connectivity index (χ0v) is 20.9. The van der Waals surface area contributed by atoms with Crippen molar-refractivity contribution in [3.63, 3.8) is 0 Å². The first-order chi connectivity index (χ1) is 15.2. The molecule has 2 saturated heterocycles. The molecule has 0 atom stereocenters. The van der Waals surface area contributed by atoms with Crippen LogP contribution in [0.5, 0.6) is 0 Å². The molecule has 2 N–H and O–H groups in total. The third kappa shape index (κ3) is 6.13. The standard InChI is InChI=1S/C24H31N5O2.HI/c1-25-24(26-17-19-8-10-21(11-9-19)29-12-4-7-23(29)30)27-18-20-5-2-3-6-22(20)28-13-15-31-16-14-28;/h2-3,5-6,8-11H,4,7,12-18H2,1H3,(H2,25,26,27);1H. The minimum atomic E-state index is 0. The monoisotopic (exact) mass is 549 g/mol. The molecule has 32 heavy (non-hydrogen) atoms. The summed E-state index contributed by atoms with van der Waals surface area (Å²) < 4.78 is 5.49. The lowest BCUT2D eigenvalue weighted by molar-refractivity contribution is -0.117. The summed E-state index contributed by atoms with van der Waals surface area (Å²) in [6.07, 6.45) is 1.60. The number of halogens is 1. The first kappa shape index (κ1) is 24.3. The first-order valence-corrected chi connectivity index (χ1v) is 11.0. The van der Waals surface area contributed by atoms with Crippen molar-refractivity contribution in [2.45, 2.75) is 25.9 Å². The second kappa shape index (κ2) is 12.1. The van der Waals surface area contributed by atoms with Gasteiger partial charge in [-0.2, -0.15) is 0 Å². The lowest BCUT2D eigenvalue weighted by Crippen LogP contribution is -2.39. The van der Waals surface area contributed by atoms with Gasteiger partial charge in [0.15, 0.2) is 5.96 Å². The molecule has 0 aliphatic carbocycles. The van der Waals surface area contributed by atoms with Crippen LogP contribution in [-0.2, 0) is 22.6 Å². The fourth-order valence-electron chi connectivity index (χ4n) is 4.07. The van der Waals surface area contributed by atoms with E-state index in [2.05, 4.69) is 56.9 Å². The van der Waals surface area contributed by atoms with Gasteiger partial charge in [0.05, 0.1) is 13.2 Å². The molecule has 0 unspecified atom stereocenters. The smallest absolute Gasteiger partial charge is 0.227 e. The molecule has 172 valence electrons. The summed E-state index contributed by atoms with van der Waals surface area (Å²) in [6, 6.07) is 16.7. The zero-order chi connectivity index (χ0) is 21.5. The van der Waals surface area contributed by atoms with Crippen molar-refractivity contribution in [1.82, 2.24) is 10.6 Å². The molecule has 0 aromatic heterocycles. The van der Waals surface area contributed by atoms with E-state index in [4.69, 9.17) is 4.74 Å². The van der Waals surface area contributed by atoms with Gasteiger partial charge in [-0.1, -0.05) is 30.3 Å². The summed E-state index contributed by atoms with van der Waals surface area (Å²) in [5.41, 5.74) is 4.62. The highest BCUT2D eigenvalue weighted by molar-refractivity contribution is 14.0. The number of carbonyl (C=O) groups is 1. The fourth-order valence-corrected chi connectivity index (χ4v) is 4.07. The van der Waals surface area contributed by atoms with E-state index in [-0.39, 0.29) is 29.9 Å². The van der Waals surface area contributed by atoms with Crippen LogP contribution >= 0.6 is 24.0 Å². The summed E-state index contributed by atoms with van der Waals surface area (Å²) in [5, 5.41) is 6.80. The van der Waals surface area contributed by atoms with E-state index in [1.165, 1.54) is 11.3 Å². The van der Waals surface area contributed by atoms with Gasteiger partial charge < -0.3 is 25.2 Å². The van der Waals surface area contributed by atoms with E-state index in [0.29, 0.717) is 19.5 Å². The van der Waals surface area contributed by atoms with E-state index < -0.39 is 0 Å². The molecule has 4 rings (SSSR count). The van der Waals surface area contributed by atoms with Crippen LogP contribution in [-0.4, -0.2) is 51.8 Å². The number of nitrogens with one attached hydrogen (secondary N) is 2. The molecule has 0 saturated carbocycles. The predicted molar refractivity (Wildman–Crippen MR) is 140 cm³/mol. The maximum absolute atomic E-state index is 11.9. The number of amides is 1. The summed E-state index contributed by atoms with van der Waals surface area (Å²) in [6.45, 7) is 5.57. The SMILES string of the molecule is CN=C(NCc1ccc(N2CCCC2=O)cc1)NCc1ccccc1N1CCOCC1.I. The van der Waals surface area contributed by atoms with Gasteiger partial charge in [-0.05, 0) is 35.7 Å². The molecular formula is C24H32IN5O2. The number of ether oxygens (including phenoxy) is 1. The van der Waals surface area contributed by atoms with Crippen LogP contribution in [0.2, 0.25) is 0 Å². The molecule has 0 spiro atoms. The van der Waals surface area contributed by atoms with E-state index >= 15 is 0 Å². The van der Waals surface area contributed by atoms with Crippen molar-refractivity contribution >= 4 is 47.2 Å². The van der Waals surface area contributed by atoms with E-state index in [9.17, 15) is 4.79 Å². The Labute approximate surface area is 207 Å². The number of carbonyl (C=O) groups excluding carboxylic acids is 1. The fraction of sp³-hybridized carbons (Fsp3) is 0.417. The van der Waals surface area contributed by atoms with Gasteiger partial charge in [0.25, 0.3) is 0 Å². The number of hydrogen-bond acceptors (Lipinski definition) is 4. The van der Waals surface area contributed by atoms with Gasteiger partial charge >= 0.3 is 0 Å². The largest absolute Gasteiger partial charge is 0.378 e. The average molecular weight is 549 g/mol. The average Bonchev–Trinajstić information content (AvgIpc) is 3.26. The van der Waals surface area contributed by atoms with Crippen LogP contribution in [0.3, 0.4) is 0 Å². The number of para-hydroxylation sites is 1. The van der Waals surface area contributed by atoms with E-state index in [1.54, 1.807) is 7.05 Å². The first-order valence-electron chi connectivity index (χ1n) is 11.0. The minimum Gasteiger partial charge on any atom is -0.378 e. The summed E-state index contributed by atoms with van der Waals surface area (Å²) in [4.78, 5) is 20.5. The van der Waals surface area contributed by atoms with Crippen molar-refractivity contribution in [3.05, 3.63) is 59.7 Å². The second-order valence-electron chi connectivity index (χ2n) is 7.82. The summed E-state index contributed by atoms with van der Waals surface area (Å²) in [5.74, 6) is 0.975. The number of benzene rings is 2. The second-order valence-corrected chi connectivity index (χ2v) is 7.82. The van der Waals surface area contributed by atoms with Crippen LogP contribution in [0.4, 0.5) is 11.4 Å². The van der Waals surface area contributed by atoms with Crippen LogP contribution in [0, 0.1) is 0 Å². The number of morpholine rings is 1. The van der Waals surface area contributed by atoms with Gasteiger partial charge in [-0.15, -0.1) is 24.0 Å². The van der Waals surface area contributed by atoms with Crippen molar-refractivity contribution in [2.75, 3.05) is 49.7 Å². The number of aliphatic imine (C=N–C) groups is 1. The van der Waals surface area contributed by atoms with Crippen molar-refractivity contribution < 1.29 is 9.53 Å². The number of guanidine groups is 1. The van der Waals surface area contributed by atoms with Crippen LogP contribution in [0.25, 0.3) is 0 Å². The third-order valence-electron chi connectivity index (χ3n) is 5.79. The van der Waals surface area contributed by atoms with Gasteiger partial charge in [0, 0.05) is 57.6 Å². The number of rotatable bonds is 6. The third-order valence-corrected chi connectivity index (χ3v) is 5.79. The molecule has 2 fully saturated rings. The normalized spacial score (nSPS) is 16.7. The van der Waals surface area contributed by atoms with Crippen molar-refractivity contribution in [2.24, 2.45) is 4.99 Å². The number of hydrogen-bond donors (Lipinski definition) is 2. The molecule has 2 heterocycles. The molecule has 2 aromatic carbocycles. The molecular weight excluding hydrogens is 517 g/mol. The molecule has 8 heteroatoms. The Morgan fingerprint density at radius 3 is 2.41 bits per heavy atom. The zero-order valence-electron chi connectivity index (χ0n) is 18.5. The lowest BCUT2D eigenvalue weighted by atomic mass is 10.1. The van der Waals surface area contributed by atoms with Crippen LogP contribution in [0.1, 0.15) is 24.0 Å². The molecule has 2 aromatic rings. The highest BCUT2D eigenvalue weighted by atomic mass is 127. The Kier molecular flexibility index (Phi) is 9.16. The topological polar surface area (TPSA) is 69.2 Å². The Bertz CT molecular complexity index is 913. The van der Waals surface area contributed by atoms with Crippen molar-refractivity contribution in [1.29, 1.82) is 0 Å². The molecule has 1 amide bonds. The Balaban J connectivity index is 0.00000289. The summed E-state index contributed by atoms with van der Waals surface area (Å²) in [7, 11) is 1.78. The molecule has 2 aliphatic rings. The number of nitrogens with zero attached hydrogens (tertiary/aromatic N) is 3. The number of anilines is 2. The Morgan fingerprint density at radius 2 is 1.72 bits per heavy atom. The van der Waals surface area contributed by atoms with Crippen molar-refractivity contribution in [3.8, 4) is 0 Å².